The predicted octanol–water partition coefficient (Wildman–Crippen LogP) is 3.81. The van der Waals surface area contributed by atoms with Crippen molar-refractivity contribution < 1.29 is 4.92 Å². The lowest BCUT2D eigenvalue weighted by Gasteiger charge is -2.26. The highest BCUT2D eigenvalue weighted by Gasteiger charge is 2.32. The highest BCUT2D eigenvalue weighted by atomic mass is 16.6. The van der Waals surface area contributed by atoms with Crippen LogP contribution in [0.4, 0.5) is 5.69 Å². The molecule has 0 amide bonds. The number of hydrogen-bond acceptors (Lipinski definition) is 3. The maximum absolute atomic E-state index is 10.7. The van der Waals surface area contributed by atoms with Gasteiger partial charge < -0.3 is 0 Å². The molecule has 0 heterocycles. The van der Waals surface area contributed by atoms with Crippen LogP contribution in [0.1, 0.15) is 24.5 Å². The van der Waals surface area contributed by atoms with Gasteiger partial charge in [-0.05, 0) is 17.5 Å². The van der Waals surface area contributed by atoms with Crippen LogP contribution >= 0.6 is 0 Å². The quantitative estimate of drug-likeness (QED) is 0.624. The number of benzene rings is 2. The van der Waals surface area contributed by atoms with Crippen LogP contribution < -0.4 is 0 Å². The Kier molecular flexibility index (Phi) is 3.81. The van der Waals surface area contributed by atoms with Crippen molar-refractivity contribution in [1.29, 1.82) is 5.26 Å². The van der Waals surface area contributed by atoms with E-state index in [0.29, 0.717) is 6.42 Å². The first kappa shape index (κ1) is 13.8. The predicted molar refractivity (Wildman–Crippen MR) is 76.2 cm³/mol. The molecule has 0 spiro atoms. The molecule has 0 unspecified atom stereocenters. The number of nitriles is 1. The summed E-state index contributed by atoms with van der Waals surface area (Å²) in [5.74, 6) is 0. The summed E-state index contributed by atoms with van der Waals surface area (Å²) in [4.78, 5) is 10.3. The standard InChI is InChI=1S/C16H14N2O2/c1-2-16(12-17,13-6-4-3-5-7-13)14-8-10-15(11-9-14)18(19)20/h3-11H,2H2,1H3/t16-/m1/s1. The van der Waals surface area contributed by atoms with Crippen molar-refractivity contribution in [2.75, 3.05) is 0 Å². The van der Waals surface area contributed by atoms with Crippen molar-refractivity contribution in [1.82, 2.24) is 0 Å². The molecule has 0 radical (unpaired) electrons. The first-order valence-electron chi connectivity index (χ1n) is 6.36. The molecule has 2 aromatic rings. The van der Waals surface area contributed by atoms with Gasteiger partial charge in [0.25, 0.3) is 5.69 Å². The first-order valence-corrected chi connectivity index (χ1v) is 6.36. The van der Waals surface area contributed by atoms with Crippen LogP contribution in [0.15, 0.2) is 54.6 Å². The van der Waals surface area contributed by atoms with Gasteiger partial charge in [-0.15, -0.1) is 0 Å². The van der Waals surface area contributed by atoms with Gasteiger partial charge in [-0.2, -0.15) is 5.26 Å². The van der Waals surface area contributed by atoms with Crippen LogP contribution in [-0.4, -0.2) is 4.92 Å². The lowest BCUT2D eigenvalue weighted by atomic mass is 9.74. The fourth-order valence-corrected chi connectivity index (χ4v) is 2.37. The summed E-state index contributed by atoms with van der Waals surface area (Å²) >= 11 is 0. The molecule has 0 aliphatic heterocycles. The Bertz CT molecular complexity index is 644. The highest BCUT2D eigenvalue weighted by molar-refractivity contribution is 5.48. The number of non-ortho nitro benzene ring substituents is 1. The Morgan fingerprint density at radius 2 is 1.65 bits per heavy atom. The van der Waals surface area contributed by atoms with E-state index in [2.05, 4.69) is 6.07 Å². The maximum atomic E-state index is 10.7. The third kappa shape index (κ3) is 2.26. The molecule has 0 saturated carbocycles. The van der Waals surface area contributed by atoms with E-state index in [-0.39, 0.29) is 5.69 Å². The van der Waals surface area contributed by atoms with Crippen molar-refractivity contribution in [3.63, 3.8) is 0 Å². The summed E-state index contributed by atoms with van der Waals surface area (Å²) in [5.41, 5.74) is 0.944. The topological polar surface area (TPSA) is 66.9 Å². The largest absolute Gasteiger partial charge is 0.269 e. The molecule has 0 saturated heterocycles. The SMILES string of the molecule is CC[C@@](C#N)(c1ccccc1)c1ccc([N+](=O)[O-])cc1. The van der Waals surface area contributed by atoms with Crippen LogP contribution in [0.25, 0.3) is 0 Å². The molecule has 2 aromatic carbocycles. The second-order valence-electron chi connectivity index (χ2n) is 4.54. The summed E-state index contributed by atoms with van der Waals surface area (Å²) in [7, 11) is 0. The second kappa shape index (κ2) is 5.54. The number of rotatable bonds is 4. The maximum Gasteiger partial charge on any atom is 0.269 e. The third-order valence-corrected chi connectivity index (χ3v) is 3.56. The van der Waals surface area contributed by atoms with E-state index in [1.165, 1.54) is 12.1 Å². The molecule has 4 nitrogen and oxygen atoms in total. The van der Waals surface area contributed by atoms with E-state index >= 15 is 0 Å². The molecule has 1 atom stereocenters. The second-order valence-corrected chi connectivity index (χ2v) is 4.54. The van der Waals surface area contributed by atoms with Crippen molar-refractivity contribution in [2.45, 2.75) is 18.8 Å². The van der Waals surface area contributed by atoms with Crippen LogP contribution in [-0.2, 0) is 5.41 Å². The van der Waals surface area contributed by atoms with Crippen molar-refractivity contribution in [3.8, 4) is 6.07 Å². The van der Waals surface area contributed by atoms with E-state index in [1.807, 2.05) is 37.3 Å². The van der Waals surface area contributed by atoms with Gasteiger partial charge in [0, 0.05) is 12.1 Å². The Hall–Kier alpha value is -2.67. The van der Waals surface area contributed by atoms with Crippen LogP contribution in [0, 0.1) is 21.4 Å². The lowest BCUT2D eigenvalue weighted by Crippen LogP contribution is -2.24. The van der Waals surface area contributed by atoms with Crippen molar-refractivity contribution >= 4 is 5.69 Å². The number of hydrogen-bond donors (Lipinski definition) is 0. The van der Waals surface area contributed by atoms with Gasteiger partial charge in [0.1, 0.15) is 5.41 Å². The zero-order chi connectivity index (χ0) is 14.6. The number of nitro groups is 1. The van der Waals surface area contributed by atoms with E-state index < -0.39 is 10.3 Å². The average molecular weight is 266 g/mol. The molecule has 0 aromatic heterocycles. The van der Waals surface area contributed by atoms with Crippen molar-refractivity contribution in [3.05, 3.63) is 75.8 Å². The average Bonchev–Trinajstić information content (AvgIpc) is 2.51. The van der Waals surface area contributed by atoms with Gasteiger partial charge in [-0.25, -0.2) is 0 Å². The van der Waals surface area contributed by atoms with E-state index in [0.717, 1.165) is 11.1 Å². The van der Waals surface area contributed by atoms with Crippen LogP contribution in [0.2, 0.25) is 0 Å². The molecule has 20 heavy (non-hydrogen) atoms. The minimum Gasteiger partial charge on any atom is -0.258 e. The number of nitrogens with zero attached hydrogens (tertiary/aromatic N) is 2. The normalized spacial score (nSPS) is 13.2. The molecule has 0 N–H and O–H groups in total. The Morgan fingerprint density at radius 3 is 2.10 bits per heavy atom. The molecular formula is C16H14N2O2. The van der Waals surface area contributed by atoms with Crippen molar-refractivity contribution in [2.24, 2.45) is 0 Å². The van der Waals surface area contributed by atoms with Gasteiger partial charge in [0.2, 0.25) is 0 Å². The van der Waals surface area contributed by atoms with Gasteiger partial charge in [0.05, 0.1) is 11.0 Å². The summed E-state index contributed by atoms with van der Waals surface area (Å²) in [6, 6.07) is 18.1. The highest BCUT2D eigenvalue weighted by Crippen LogP contribution is 2.35. The summed E-state index contributed by atoms with van der Waals surface area (Å²) in [6.07, 6.45) is 0.603. The summed E-state index contributed by atoms with van der Waals surface area (Å²) in [6.45, 7) is 1.94. The van der Waals surface area contributed by atoms with E-state index in [9.17, 15) is 15.4 Å². The molecule has 0 aliphatic rings. The Labute approximate surface area is 117 Å². The minimum absolute atomic E-state index is 0.0322. The first-order chi connectivity index (χ1) is 9.64. The van der Waals surface area contributed by atoms with Crippen LogP contribution in [0.3, 0.4) is 0 Å². The number of nitro benzene ring substituents is 1. The third-order valence-electron chi connectivity index (χ3n) is 3.56. The molecule has 0 bridgehead atoms. The molecular weight excluding hydrogens is 252 g/mol. The zero-order valence-corrected chi connectivity index (χ0v) is 11.1. The van der Waals surface area contributed by atoms with Gasteiger partial charge in [-0.3, -0.25) is 10.1 Å². The van der Waals surface area contributed by atoms with Crippen LogP contribution in [0.5, 0.6) is 0 Å². The minimum atomic E-state index is -0.767. The molecule has 100 valence electrons. The summed E-state index contributed by atoms with van der Waals surface area (Å²) in [5, 5.41) is 20.4. The van der Waals surface area contributed by atoms with Gasteiger partial charge in [-0.1, -0.05) is 49.4 Å². The fraction of sp³-hybridized carbons (Fsp3) is 0.188. The Morgan fingerprint density at radius 1 is 1.10 bits per heavy atom. The zero-order valence-electron chi connectivity index (χ0n) is 11.1. The lowest BCUT2D eigenvalue weighted by molar-refractivity contribution is -0.384. The van der Waals surface area contributed by atoms with E-state index in [1.54, 1.807) is 12.1 Å². The molecule has 4 heteroatoms. The summed E-state index contributed by atoms with van der Waals surface area (Å²) < 4.78 is 0. The molecule has 2 rings (SSSR count). The van der Waals surface area contributed by atoms with Gasteiger partial charge in [0.15, 0.2) is 0 Å². The van der Waals surface area contributed by atoms with E-state index in [4.69, 9.17) is 0 Å². The monoisotopic (exact) mass is 266 g/mol. The Balaban J connectivity index is 2.54. The fourth-order valence-electron chi connectivity index (χ4n) is 2.37. The van der Waals surface area contributed by atoms with Gasteiger partial charge >= 0.3 is 0 Å². The molecule has 0 fully saturated rings. The molecule has 0 aliphatic carbocycles. The smallest absolute Gasteiger partial charge is 0.258 e.